The van der Waals surface area contributed by atoms with Gasteiger partial charge in [-0.25, -0.2) is 0 Å². The molecule has 170 valence electrons. The number of piperazine rings is 1. The molecule has 2 fully saturated rings. The van der Waals surface area contributed by atoms with Gasteiger partial charge in [0, 0.05) is 38.2 Å². The van der Waals surface area contributed by atoms with E-state index in [1.165, 1.54) is 0 Å². The van der Waals surface area contributed by atoms with Gasteiger partial charge < -0.3 is 20.3 Å². The molecular formula is C22H26Cl2N6O2. The lowest BCUT2D eigenvalue weighted by atomic mass is 9.86. The van der Waals surface area contributed by atoms with Gasteiger partial charge in [0.2, 0.25) is 5.91 Å². The van der Waals surface area contributed by atoms with E-state index >= 15 is 0 Å². The van der Waals surface area contributed by atoms with E-state index in [-0.39, 0.29) is 30.3 Å². The Morgan fingerprint density at radius 2 is 1.91 bits per heavy atom. The van der Waals surface area contributed by atoms with E-state index in [1.807, 2.05) is 18.2 Å². The van der Waals surface area contributed by atoms with Crippen LogP contribution in [0, 0.1) is 17.2 Å². The second kappa shape index (κ2) is 11.3. The molecule has 2 N–H and O–H groups in total. The van der Waals surface area contributed by atoms with Crippen molar-refractivity contribution in [2.24, 2.45) is 5.92 Å². The average Bonchev–Trinajstić information content (AvgIpc) is 2.81. The fourth-order valence-corrected chi connectivity index (χ4v) is 4.19. The standard InChI is InChI=1S/C22H25ClN6O2.ClH/c23-19-13-18(6-3-16(19)14-24)31-17-4-1-15(2-5-17)22(30)26-20-7-8-21(28-27-20)29-11-9-25-10-12-29;/h3,6-8,13,15,17,25H,1-2,4-5,9-12H2,(H,26,27,30);1H. The molecule has 0 unspecified atom stereocenters. The second-order valence-electron chi connectivity index (χ2n) is 7.85. The van der Waals surface area contributed by atoms with Crippen LogP contribution < -0.4 is 20.3 Å². The third kappa shape index (κ3) is 6.00. The van der Waals surface area contributed by atoms with Crippen molar-refractivity contribution >= 4 is 41.6 Å². The highest BCUT2D eigenvalue weighted by Crippen LogP contribution is 2.30. The number of hydrogen-bond acceptors (Lipinski definition) is 7. The number of rotatable bonds is 5. The zero-order valence-electron chi connectivity index (χ0n) is 17.6. The summed E-state index contributed by atoms with van der Waals surface area (Å²) in [5, 5.41) is 24.0. The van der Waals surface area contributed by atoms with Gasteiger partial charge in [-0.2, -0.15) is 5.26 Å². The van der Waals surface area contributed by atoms with Crippen LogP contribution in [0.2, 0.25) is 5.02 Å². The van der Waals surface area contributed by atoms with Gasteiger partial charge in [-0.3, -0.25) is 4.79 Å². The van der Waals surface area contributed by atoms with E-state index in [0.29, 0.717) is 22.2 Å². The van der Waals surface area contributed by atoms with Gasteiger partial charge in [-0.15, -0.1) is 22.6 Å². The molecule has 0 spiro atoms. The van der Waals surface area contributed by atoms with E-state index < -0.39 is 0 Å². The first kappa shape index (κ1) is 24.1. The van der Waals surface area contributed by atoms with Crippen LogP contribution in [0.15, 0.2) is 30.3 Å². The molecule has 1 saturated heterocycles. The highest BCUT2D eigenvalue weighted by molar-refractivity contribution is 6.31. The molecule has 1 aromatic heterocycles. The number of aromatic nitrogens is 2. The maximum Gasteiger partial charge on any atom is 0.228 e. The van der Waals surface area contributed by atoms with Crippen LogP contribution in [-0.2, 0) is 4.79 Å². The maximum atomic E-state index is 12.6. The van der Waals surface area contributed by atoms with E-state index in [4.69, 9.17) is 21.6 Å². The Hall–Kier alpha value is -2.60. The minimum Gasteiger partial charge on any atom is -0.490 e. The number of carbonyl (C=O) groups excluding carboxylic acids is 1. The van der Waals surface area contributed by atoms with Crippen LogP contribution in [0.1, 0.15) is 31.2 Å². The molecule has 0 atom stereocenters. The Morgan fingerprint density at radius 3 is 2.53 bits per heavy atom. The molecule has 1 aromatic carbocycles. The van der Waals surface area contributed by atoms with Crippen molar-refractivity contribution in [1.29, 1.82) is 5.26 Å². The summed E-state index contributed by atoms with van der Waals surface area (Å²) in [7, 11) is 0. The van der Waals surface area contributed by atoms with Crippen LogP contribution in [0.25, 0.3) is 0 Å². The highest BCUT2D eigenvalue weighted by atomic mass is 35.5. The van der Waals surface area contributed by atoms with Crippen molar-refractivity contribution in [2.45, 2.75) is 31.8 Å². The van der Waals surface area contributed by atoms with Crippen molar-refractivity contribution < 1.29 is 9.53 Å². The second-order valence-corrected chi connectivity index (χ2v) is 8.26. The first-order chi connectivity index (χ1) is 15.1. The molecule has 0 radical (unpaired) electrons. The molecule has 1 aliphatic heterocycles. The van der Waals surface area contributed by atoms with Crippen molar-refractivity contribution in [1.82, 2.24) is 15.5 Å². The smallest absolute Gasteiger partial charge is 0.228 e. The molecular weight excluding hydrogens is 451 g/mol. The van der Waals surface area contributed by atoms with Crippen LogP contribution in [0.4, 0.5) is 11.6 Å². The summed E-state index contributed by atoms with van der Waals surface area (Å²) in [6, 6.07) is 10.8. The lowest BCUT2D eigenvalue weighted by Gasteiger charge is -2.28. The predicted octanol–water partition coefficient (Wildman–Crippen LogP) is 3.41. The summed E-state index contributed by atoms with van der Waals surface area (Å²) in [5.41, 5.74) is 0.429. The first-order valence-electron chi connectivity index (χ1n) is 10.6. The largest absolute Gasteiger partial charge is 0.490 e. The van der Waals surface area contributed by atoms with Gasteiger partial charge in [0.25, 0.3) is 0 Å². The number of nitrogens with one attached hydrogen (secondary N) is 2. The van der Waals surface area contributed by atoms with Crippen LogP contribution >= 0.6 is 24.0 Å². The lowest BCUT2D eigenvalue weighted by molar-refractivity contribution is -0.121. The minimum absolute atomic E-state index is 0. The van der Waals surface area contributed by atoms with Crippen LogP contribution in [0.3, 0.4) is 0 Å². The molecule has 8 nitrogen and oxygen atoms in total. The quantitative estimate of drug-likeness (QED) is 0.680. The van der Waals surface area contributed by atoms with Crippen LogP contribution in [0.5, 0.6) is 5.75 Å². The number of anilines is 2. The lowest BCUT2D eigenvalue weighted by Crippen LogP contribution is -2.44. The Bertz CT molecular complexity index is 952. The summed E-state index contributed by atoms with van der Waals surface area (Å²) < 4.78 is 6.00. The normalized spacial score (nSPS) is 20.6. The summed E-state index contributed by atoms with van der Waals surface area (Å²) in [6.07, 6.45) is 3.08. The number of halogens is 2. The summed E-state index contributed by atoms with van der Waals surface area (Å²) in [6.45, 7) is 3.68. The zero-order chi connectivity index (χ0) is 21.6. The first-order valence-corrected chi connectivity index (χ1v) is 11.0. The molecule has 1 amide bonds. The number of hydrogen-bond donors (Lipinski definition) is 2. The average molecular weight is 477 g/mol. The Morgan fingerprint density at radius 1 is 1.16 bits per heavy atom. The number of nitrogens with zero attached hydrogens (tertiary/aromatic N) is 4. The zero-order valence-corrected chi connectivity index (χ0v) is 19.2. The Kier molecular flexibility index (Phi) is 8.51. The van der Waals surface area contributed by atoms with Crippen molar-refractivity contribution in [3.05, 3.63) is 40.9 Å². The Balaban J connectivity index is 0.00000289. The Labute approximate surface area is 198 Å². The fourth-order valence-electron chi connectivity index (χ4n) is 3.98. The summed E-state index contributed by atoms with van der Waals surface area (Å²) >= 11 is 6.07. The number of amides is 1. The highest BCUT2D eigenvalue weighted by Gasteiger charge is 2.28. The number of ether oxygens (including phenoxy) is 1. The molecule has 2 aliphatic rings. The van der Waals surface area contributed by atoms with E-state index in [1.54, 1.807) is 18.2 Å². The van der Waals surface area contributed by atoms with Gasteiger partial charge in [0.15, 0.2) is 11.6 Å². The van der Waals surface area contributed by atoms with Gasteiger partial charge >= 0.3 is 0 Å². The molecule has 2 aromatic rings. The maximum absolute atomic E-state index is 12.6. The third-order valence-electron chi connectivity index (χ3n) is 5.75. The third-order valence-corrected chi connectivity index (χ3v) is 6.06. The number of nitriles is 1. The van der Waals surface area contributed by atoms with Gasteiger partial charge in [0.05, 0.1) is 16.7 Å². The topological polar surface area (TPSA) is 103 Å². The molecule has 1 saturated carbocycles. The van der Waals surface area contributed by atoms with Gasteiger partial charge in [-0.1, -0.05) is 11.6 Å². The van der Waals surface area contributed by atoms with E-state index in [2.05, 4.69) is 25.7 Å². The van der Waals surface area contributed by atoms with Crippen molar-refractivity contribution in [3.8, 4) is 11.8 Å². The van der Waals surface area contributed by atoms with Crippen LogP contribution in [-0.4, -0.2) is 48.4 Å². The molecule has 1 aliphatic carbocycles. The number of carbonyl (C=O) groups is 1. The SMILES string of the molecule is Cl.N#Cc1ccc(OC2CCC(C(=O)Nc3ccc(N4CCNCC4)nn3)CC2)cc1Cl. The fraction of sp³-hybridized carbons (Fsp3) is 0.455. The van der Waals surface area contributed by atoms with Crippen molar-refractivity contribution in [2.75, 3.05) is 36.4 Å². The molecule has 0 bridgehead atoms. The predicted molar refractivity (Wildman–Crippen MR) is 126 cm³/mol. The van der Waals surface area contributed by atoms with Gasteiger partial charge in [0.1, 0.15) is 11.8 Å². The molecule has 10 heteroatoms. The monoisotopic (exact) mass is 476 g/mol. The van der Waals surface area contributed by atoms with E-state index in [9.17, 15) is 4.79 Å². The van der Waals surface area contributed by atoms with Gasteiger partial charge in [-0.05, 0) is 49.9 Å². The molecule has 2 heterocycles. The summed E-state index contributed by atoms with van der Waals surface area (Å²) in [4.78, 5) is 14.8. The molecule has 4 rings (SSSR count). The minimum atomic E-state index is -0.0703. The molecule has 32 heavy (non-hydrogen) atoms. The summed E-state index contributed by atoms with van der Waals surface area (Å²) in [5.74, 6) is 1.87. The van der Waals surface area contributed by atoms with E-state index in [0.717, 1.165) is 57.7 Å². The van der Waals surface area contributed by atoms with Crippen molar-refractivity contribution in [3.63, 3.8) is 0 Å². The number of benzene rings is 1.